The summed E-state index contributed by atoms with van der Waals surface area (Å²) in [6, 6.07) is 9.13. The van der Waals surface area contributed by atoms with E-state index in [9.17, 15) is 9.59 Å². The van der Waals surface area contributed by atoms with Crippen LogP contribution in [0, 0.1) is 0 Å². The minimum Gasteiger partial charge on any atom is -0.268 e. The van der Waals surface area contributed by atoms with Crippen molar-refractivity contribution in [1.29, 1.82) is 0 Å². The maximum atomic E-state index is 12.9. The first-order valence-electron chi connectivity index (χ1n) is 7.56. The summed E-state index contributed by atoms with van der Waals surface area (Å²) in [5.41, 5.74) is 0.624. The Hall–Kier alpha value is -1.20. The van der Waals surface area contributed by atoms with E-state index >= 15 is 0 Å². The number of rotatable bonds is 3. The van der Waals surface area contributed by atoms with Crippen LogP contribution >= 0.6 is 23.5 Å². The van der Waals surface area contributed by atoms with Gasteiger partial charge in [0.15, 0.2) is 0 Å². The number of nitrogens with zero attached hydrogens (tertiary/aromatic N) is 1. The minimum absolute atomic E-state index is 0.137. The lowest BCUT2D eigenvalue weighted by atomic mass is 10.3. The van der Waals surface area contributed by atoms with E-state index in [1.54, 1.807) is 12.1 Å². The van der Waals surface area contributed by atoms with Crippen molar-refractivity contribution in [2.45, 2.75) is 51.0 Å². The predicted molar refractivity (Wildman–Crippen MR) is 101 cm³/mol. The Bertz CT molecular complexity index is 614. The van der Waals surface area contributed by atoms with E-state index in [1.165, 1.54) is 28.4 Å². The molecule has 124 valence electrons. The van der Waals surface area contributed by atoms with Crippen LogP contribution in [0.15, 0.2) is 40.1 Å². The monoisotopic (exact) mass is 349 g/mol. The van der Waals surface area contributed by atoms with E-state index in [2.05, 4.69) is 0 Å². The lowest BCUT2D eigenvalue weighted by Crippen LogP contribution is -2.31. The van der Waals surface area contributed by atoms with Gasteiger partial charge in [0.1, 0.15) is 0 Å². The van der Waals surface area contributed by atoms with Crippen molar-refractivity contribution in [2.24, 2.45) is 0 Å². The topological polar surface area (TPSA) is 37.4 Å². The molecule has 2 rings (SSSR count). The molecule has 0 saturated heterocycles. The van der Waals surface area contributed by atoms with E-state index in [0.717, 1.165) is 0 Å². The fourth-order valence-electron chi connectivity index (χ4n) is 2.09. The molecule has 5 heteroatoms. The number of hydrogen-bond acceptors (Lipinski definition) is 4. The molecule has 23 heavy (non-hydrogen) atoms. The van der Waals surface area contributed by atoms with Crippen molar-refractivity contribution in [1.82, 2.24) is 0 Å². The van der Waals surface area contributed by atoms with Gasteiger partial charge in [-0.2, -0.15) is 0 Å². The van der Waals surface area contributed by atoms with Crippen LogP contribution in [0.3, 0.4) is 0 Å². The molecule has 0 aromatic heterocycles. The van der Waals surface area contributed by atoms with E-state index in [0.29, 0.717) is 15.5 Å². The number of benzene rings is 1. The van der Waals surface area contributed by atoms with Crippen LogP contribution in [-0.2, 0) is 9.59 Å². The second-order valence-corrected chi connectivity index (χ2v) is 11.0. The molecule has 1 heterocycles. The molecule has 0 atom stereocenters. The molecule has 0 fully saturated rings. The van der Waals surface area contributed by atoms with Crippen LogP contribution in [0.2, 0.25) is 0 Å². The first-order chi connectivity index (χ1) is 10.5. The minimum atomic E-state index is -0.215. The number of carbonyl (C=O) groups is 2. The maximum absolute atomic E-state index is 12.9. The molecule has 1 aromatic carbocycles. The fraction of sp³-hybridized carbons (Fsp3) is 0.444. The highest BCUT2D eigenvalue weighted by atomic mass is 32.2. The number of hydrogen-bond donors (Lipinski definition) is 0. The van der Waals surface area contributed by atoms with Crippen molar-refractivity contribution in [3.63, 3.8) is 0 Å². The first kappa shape index (κ1) is 18.1. The van der Waals surface area contributed by atoms with Crippen molar-refractivity contribution >= 4 is 41.0 Å². The third-order valence-electron chi connectivity index (χ3n) is 2.83. The zero-order chi connectivity index (χ0) is 17.4. The standard InChI is InChI=1S/C18H23NO2S2/c1-17(2,3)22-13-14(23-18(4,5)6)16(21)19(15(13)20)12-10-8-7-9-11-12/h7-11H,1-6H3. The van der Waals surface area contributed by atoms with Crippen molar-refractivity contribution in [2.75, 3.05) is 4.90 Å². The Morgan fingerprint density at radius 1 is 0.739 bits per heavy atom. The molecule has 0 unspecified atom stereocenters. The summed E-state index contributed by atoms with van der Waals surface area (Å²) in [7, 11) is 0. The highest BCUT2D eigenvalue weighted by Crippen LogP contribution is 2.46. The Morgan fingerprint density at radius 2 is 1.13 bits per heavy atom. The summed E-state index contributed by atoms with van der Waals surface area (Å²) >= 11 is 2.94. The van der Waals surface area contributed by atoms with Gasteiger partial charge < -0.3 is 0 Å². The van der Waals surface area contributed by atoms with Gasteiger partial charge in [-0.3, -0.25) is 9.59 Å². The van der Waals surface area contributed by atoms with Gasteiger partial charge >= 0.3 is 0 Å². The summed E-state index contributed by atoms with van der Waals surface area (Å²) in [5, 5.41) is 0. The summed E-state index contributed by atoms with van der Waals surface area (Å²) < 4.78 is -0.274. The van der Waals surface area contributed by atoms with Gasteiger partial charge in [-0.1, -0.05) is 59.7 Å². The van der Waals surface area contributed by atoms with Crippen molar-refractivity contribution in [3.05, 3.63) is 40.1 Å². The Morgan fingerprint density at radius 3 is 1.48 bits per heavy atom. The molecule has 1 aromatic rings. The van der Waals surface area contributed by atoms with E-state index in [1.807, 2.05) is 59.7 Å². The van der Waals surface area contributed by atoms with Crippen LogP contribution in [0.1, 0.15) is 41.5 Å². The Labute approximate surface area is 146 Å². The number of thioether (sulfide) groups is 2. The molecular weight excluding hydrogens is 326 g/mol. The molecule has 0 saturated carbocycles. The SMILES string of the molecule is CC(C)(C)SC1=C(SC(C)(C)C)C(=O)N(c2ccccc2)C1=O. The smallest absolute Gasteiger partial charge is 0.268 e. The molecule has 3 nitrogen and oxygen atoms in total. The number of carbonyl (C=O) groups excluding carboxylic acids is 2. The Balaban J connectivity index is 2.46. The molecular formula is C18H23NO2S2. The fourth-order valence-corrected chi connectivity index (χ4v) is 4.29. The average Bonchev–Trinajstić information content (AvgIpc) is 2.61. The highest BCUT2D eigenvalue weighted by Gasteiger charge is 2.42. The van der Waals surface area contributed by atoms with Crippen molar-refractivity contribution < 1.29 is 9.59 Å². The molecule has 1 aliphatic heterocycles. The van der Waals surface area contributed by atoms with Gasteiger partial charge in [0.25, 0.3) is 11.8 Å². The molecule has 0 aliphatic carbocycles. The molecule has 0 bridgehead atoms. The third kappa shape index (κ3) is 4.42. The van der Waals surface area contributed by atoms with Gasteiger partial charge in [0.2, 0.25) is 0 Å². The molecule has 0 spiro atoms. The van der Waals surface area contributed by atoms with Crippen LogP contribution in [0.5, 0.6) is 0 Å². The first-order valence-corrected chi connectivity index (χ1v) is 9.19. The lowest BCUT2D eigenvalue weighted by molar-refractivity contribution is -0.120. The van der Waals surface area contributed by atoms with Crippen LogP contribution in [-0.4, -0.2) is 21.3 Å². The van der Waals surface area contributed by atoms with Gasteiger partial charge in [0.05, 0.1) is 15.5 Å². The van der Waals surface area contributed by atoms with Gasteiger partial charge in [0, 0.05) is 9.49 Å². The normalized spacial score (nSPS) is 16.5. The summed E-state index contributed by atoms with van der Waals surface area (Å²) in [4.78, 5) is 28.2. The van der Waals surface area contributed by atoms with E-state index in [-0.39, 0.29) is 21.3 Å². The highest BCUT2D eigenvalue weighted by molar-refractivity contribution is 8.09. The number of imide groups is 1. The van der Waals surface area contributed by atoms with Gasteiger partial charge in [-0.05, 0) is 12.1 Å². The van der Waals surface area contributed by atoms with E-state index in [4.69, 9.17) is 0 Å². The average molecular weight is 350 g/mol. The number of amides is 2. The number of anilines is 1. The van der Waals surface area contributed by atoms with Crippen LogP contribution in [0.25, 0.3) is 0 Å². The molecule has 2 amide bonds. The molecule has 0 N–H and O–H groups in total. The number of para-hydroxylation sites is 1. The maximum Gasteiger partial charge on any atom is 0.273 e. The molecule has 1 aliphatic rings. The zero-order valence-corrected chi connectivity index (χ0v) is 16.1. The van der Waals surface area contributed by atoms with Crippen LogP contribution < -0.4 is 4.90 Å². The lowest BCUT2D eigenvalue weighted by Gasteiger charge is -2.20. The Kier molecular flexibility index (Phi) is 5.02. The zero-order valence-electron chi connectivity index (χ0n) is 14.5. The van der Waals surface area contributed by atoms with Crippen LogP contribution in [0.4, 0.5) is 5.69 Å². The summed E-state index contributed by atoms with van der Waals surface area (Å²) in [5.74, 6) is -0.430. The summed E-state index contributed by atoms with van der Waals surface area (Å²) in [6.07, 6.45) is 0. The predicted octanol–water partition coefficient (Wildman–Crippen LogP) is 4.83. The summed E-state index contributed by atoms with van der Waals surface area (Å²) in [6.45, 7) is 12.3. The second-order valence-electron chi connectivity index (χ2n) is 7.37. The van der Waals surface area contributed by atoms with Gasteiger partial charge in [-0.15, -0.1) is 23.5 Å². The third-order valence-corrected chi connectivity index (χ3v) is 5.35. The van der Waals surface area contributed by atoms with Crippen molar-refractivity contribution in [3.8, 4) is 0 Å². The van der Waals surface area contributed by atoms with E-state index < -0.39 is 0 Å². The quantitative estimate of drug-likeness (QED) is 0.732. The van der Waals surface area contributed by atoms with Gasteiger partial charge in [-0.25, -0.2) is 4.90 Å². The largest absolute Gasteiger partial charge is 0.273 e. The second kappa shape index (κ2) is 6.36. The molecule has 0 radical (unpaired) electrons.